The van der Waals surface area contributed by atoms with Gasteiger partial charge in [-0.15, -0.1) is 0 Å². The topological polar surface area (TPSA) is 8.17 Å². The largest absolute Gasteiger partial charge is 0.350 e. The Hall–Kier alpha value is -2.39. The molecule has 3 aromatic rings. The van der Waals surface area contributed by atoms with E-state index in [1.807, 2.05) is 12.1 Å². The first-order valence-electron chi connectivity index (χ1n) is 9.32. The first-order chi connectivity index (χ1) is 12.6. The third kappa shape index (κ3) is 3.32. The molecule has 4 rings (SSSR count). The first kappa shape index (κ1) is 17.0. The van der Waals surface area contributed by atoms with Crippen LogP contribution in [0.3, 0.4) is 0 Å². The summed E-state index contributed by atoms with van der Waals surface area (Å²) >= 11 is 0. The van der Waals surface area contributed by atoms with E-state index >= 15 is 0 Å². The lowest BCUT2D eigenvalue weighted by Crippen LogP contribution is -2.30. The van der Waals surface area contributed by atoms with Gasteiger partial charge < -0.3 is 4.57 Å². The van der Waals surface area contributed by atoms with E-state index in [1.165, 1.54) is 22.4 Å². The van der Waals surface area contributed by atoms with Gasteiger partial charge in [0.25, 0.3) is 0 Å². The highest BCUT2D eigenvalue weighted by Gasteiger charge is 2.29. The molecule has 0 N–H and O–H groups in total. The minimum absolute atomic E-state index is 0.0606. The van der Waals surface area contributed by atoms with Gasteiger partial charge in [0.05, 0.1) is 6.04 Å². The van der Waals surface area contributed by atoms with E-state index in [1.54, 1.807) is 12.1 Å². The van der Waals surface area contributed by atoms with Gasteiger partial charge in [0, 0.05) is 37.1 Å². The lowest BCUT2D eigenvalue weighted by atomic mass is 9.99. The van der Waals surface area contributed by atoms with Crippen LogP contribution in [-0.2, 0) is 13.1 Å². The van der Waals surface area contributed by atoms with Crippen LogP contribution in [0.2, 0.25) is 0 Å². The predicted molar refractivity (Wildman–Crippen MR) is 104 cm³/mol. The van der Waals surface area contributed by atoms with Crippen LogP contribution in [0.15, 0.2) is 60.8 Å². The number of aryl methyl sites for hydroxylation is 3. The second-order valence-corrected chi connectivity index (χ2v) is 7.37. The highest BCUT2D eigenvalue weighted by molar-refractivity contribution is 5.33. The number of rotatable bonds is 3. The second kappa shape index (κ2) is 7.08. The molecule has 0 spiro atoms. The molecule has 0 saturated heterocycles. The Kier molecular flexibility index (Phi) is 4.64. The van der Waals surface area contributed by atoms with Crippen LogP contribution in [0, 0.1) is 19.7 Å². The summed E-state index contributed by atoms with van der Waals surface area (Å²) in [4.78, 5) is 2.42. The van der Waals surface area contributed by atoms with Gasteiger partial charge in [0.1, 0.15) is 5.82 Å². The second-order valence-electron chi connectivity index (χ2n) is 7.37. The minimum atomic E-state index is -0.127. The molecule has 0 aliphatic carbocycles. The summed E-state index contributed by atoms with van der Waals surface area (Å²) in [5.74, 6) is -0.127. The lowest BCUT2D eigenvalue weighted by Gasteiger charge is -2.31. The van der Waals surface area contributed by atoms with Crippen LogP contribution in [0.4, 0.5) is 4.39 Å². The zero-order valence-electron chi connectivity index (χ0n) is 15.5. The zero-order chi connectivity index (χ0) is 18.1. The summed E-state index contributed by atoms with van der Waals surface area (Å²) in [6.45, 7) is 7.04. The van der Waals surface area contributed by atoms with Crippen molar-refractivity contribution in [3.8, 4) is 0 Å². The van der Waals surface area contributed by atoms with Crippen LogP contribution in [-0.4, -0.2) is 16.0 Å². The molecule has 1 aliphatic rings. The monoisotopic (exact) mass is 348 g/mol. The van der Waals surface area contributed by atoms with E-state index in [4.69, 9.17) is 0 Å². The van der Waals surface area contributed by atoms with Crippen molar-refractivity contribution < 1.29 is 4.39 Å². The third-order valence-corrected chi connectivity index (χ3v) is 5.22. The summed E-state index contributed by atoms with van der Waals surface area (Å²) in [5.41, 5.74) is 5.79. The third-order valence-electron chi connectivity index (χ3n) is 5.22. The van der Waals surface area contributed by atoms with Crippen molar-refractivity contribution in [3.05, 3.63) is 94.6 Å². The molecule has 0 bridgehead atoms. The number of hydrogen-bond acceptors (Lipinski definition) is 1. The summed E-state index contributed by atoms with van der Waals surface area (Å²) in [7, 11) is 0. The highest BCUT2D eigenvalue weighted by Crippen LogP contribution is 2.34. The number of aromatic nitrogens is 1. The van der Waals surface area contributed by atoms with Crippen molar-refractivity contribution in [2.24, 2.45) is 0 Å². The maximum absolute atomic E-state index is 14.7. The number of nitrogens with zero attached hydrogens (tertiary/aromatic N) is 2. The van der Waals surface area contributed by atoms with Crippen molar-refractivity contribution in [3.63, 3.8) is 0 Å². The average molecular weight is 348 g/mol. The normalized spacial score (nSPS) is 17.7. The summed E-state index contributed by atoms with van der Waals surface area (Å²) in [6.07, 6.45) is 3.18. The van der Waals surface area contributed by atoms with Crippen molar-refractivity contribution in [1.82, 2.24) is 9.47 Å². The van der Waals surface area contributed by atoms with Gasteiger partial charge in [-0.05, 0) is 44.0 Å². The van der Waals surface area contributed by atoms with Crippen molar-refractivity contribution in [2.75, 3.05) is 6.54 Å². The first-order valence-corrected chi connectivity index (χ1v) is 9.32. The van der Waals surface area contributed by atoms with E-state index in [2.05, 4.69) is 59.8 Å². The molecular weight excluding hydrogens is 323 g/mol. The molecule has 1 atom stereocenters. The molecule has 0 amide bonds. The van der Waals surface area contributed by atoms with Gasteiger partial charge in [-0.3, -0.25) is 4.90 Å². The van der Waals surface area contributed by atoms with Gasteiger partial charge >= 0.3 is 0 Å². The fourth-order valence-corrected chi connectivity index (χ4v) is 4.26. The Bertz CT molecular complexity index is 892. The predicted octanol–water partition coefficient (Wildman–Crippen LogP) is 5.24. The molecule has 1 unspecified atom stereocenters. The molecule has 26 heavy (non-hydrogen) atoms. The van der Waals surface area contributed by atoms with Crippen molar-refractivity contribution in [1.29, 1.82) is 0 Å². The van der Waals surface area contributed by atoms with Crippen molar-refractivity contribution in [2.45, 2.75) is 39.4 Å². The smallest absolute Gasteiger partial charge is 0.128 e. The summed E-state index contributed by atoms with van der Waals surface area (Å²) in [6, 6.07) is 18.0. The van der Waals surface area contributed by atoms with Gasteiger partial charge in [-0.1, -0.05) is 47.5 Å². The van der Waals surface area contributed by atoms with Crippen LogP contribution >= 0.6 is 0 Å². The van der Waals surface area contributed by atoms with Gasteiger partial charge in [-0.25, -0.2) is 4.39 Å². The molecule has 0 radical (unpaired) electrons. The molecule has 1 aromatic heterocycles. The molecule has 3 heteroatoms. The van der Waals surface area contributed by atoms with Gasteiger partial charge in [0.2, 0.25) is 0 Å². The van der Waals surface area contributed by atoms with Crippen LogP contribution in [0.25, 0.3) is 0 Å². The highest BCUT2D eigenvalue weighted by atomic mass is 19.1. The number of hydrogen-bond donors (Lipinski definition) is 0. The van der Waals surface area contributed by atoms with Crippen molar-refractivity contribution >= 4 is 0 Å². The van der Waals surface area contributed by atoms with E-state index in [-0.39, 0.29) is 11.9 Å². The molecule has 2 nitrogen and oxygen atoms in total. The van der Waals surface area contributed by atoms with E-state index in [9.17, 15) is 4.39 Å². The Labute approximate surface area is 154 Å². The molecular formula is C23H25FN2. The van der Waals surface area contributed by atoms with E-state index < -0.39 is 0 Å². The quantitative estimate of drug-likeness (QED) is 0.628. The lowest BCUT2D eigenvalue weighted by molar-refractivity contribution is 0.216. The Balaban J connectivity index is 1.77. The van der Waals surface area contributed by atoms with E-state index in [0.717, 1.165) is 31.6 Å². The molecule has 1 aliphatic heterocycles. The average Bonchev–Trinajstić information content (AvgIpc) is 2.97. The molecule has 0 fully saturated rings. The Morgan fingerprint density at radius 1 is 0.962 bits per heavy atom. The Morgan fingerprint density at radius 2 is 1.73 bits per heavy atom. The standard InChI is InChI=1S/C23H25FN2/c1-17-13-18(2)15-19(14-17)16-26-12-6-11-25-10-5-9-22(25)23(26)20-7-3-4-8-21(20)24/h3-5,7-10,13-15,23H,6,11-12,16H2,1-2H3. The van der Waals surface area contributed by atoms with Gasteiger partial charge in [0.15, 0.2) is 0 Å². The number of fused-ring (bicyclic) bond motifs is 1. The van der Waals surface area contributed by atoms with E-state index in [0.29, 0.717) is 0 Å². The fourth-order valence-electron chi connectivity index (χ4n) is 4.26. The van der Waals surface area contributed by atoms with Crippen LogP contribution in [0.5, 0.6) is 0 Å². The SMILES string of the molecule is Cc1cc(C)cc(CN2CCCn3cccc3C2c2ccccc2F)c1. The summed E-state index contributed by atoms with van der Waals surface area (Å²) in [5, 5.41) is 0. The zero-order valence-corrected chi connectivity index (χ0v) is 15.5. The van der Waals surface area contributed by atoms with Gasteiger partial charge in [-0.2, -0.15) is 0 Å². The summed E-state index contributed by atoms with van der Waals surface area (Å²) < 4.78 is 17.0. The molecule has 2 heterocycles. The maximum Gasteiger partial charge on any atom is 0.128 e. The fraction of sp³-hybridized carbons (Fsp3) is 0.304. The minimum Gasteiger partial charge on any atom is -0.350 e. The molecule has 134 valence electrons. The maximum atomic E-state index is 14.7. The molecule has 0 saturated carbocycles. The van der Waals surface area contributed by atoms with Crippen LogP contribution in [0.1, 0.15) is 40.4 Å². The Morgan fingerprint density at radius 3 is 2.50 bits per heavy atom. The number of benzene rings is 2. The van der Waals surface area contributed by atoms with Crippen LogP contribution < -0.4 is 0 Å². The molecule has 2 aromatic carbocycles. The number of halogens is 1.